The van der Waals surface area contributed by atoms with E-state index in [1.54, 1.807) is 0 Å². The molecule has 2 fully saturated rings. The lowest BCUT2D eigenvalue weighted by Gasteiger charge is -2.32. The van der Waals surface area contributed by atoms with Crippen LogP contribution in [-0.2, 0) is 4.74 Å². The lowest BCUT2D eigenvalue weighted by molar-refractivity contribution is 0.0877. The van der Waals surface area contributed by atoms with E-state index in [9.17, 15) is 4.79 Å². The number of piperazine rings is 1. The first kappa shape index (κ1) is 16.2. The largest absolute Gasteiger partial charge is 0.398 e. The number of morpholine rings is 1. The van der Waals surface area contributed by atoms with Gasteiger partial charge in [-0.3, -0.25) is 9.69 Å². The van der Waals surface area contributed by atoms with Gasteiger partial charge in [0.15, 0.2) is 5.78 Å². The molecule has 0 radical (unpaired) electrons. The van der Waals surface area contributed by atoms with Gasteiger partial charge >= 0.3 is 0 Å². The van der Waals surface area contributed by atoms with Crippen LogP contribution in [0.15, 0.2) is 18.2 Å². The summed E-state index contributed by atoms with van der Waals surface area (Å²) < 4.78 is 5.39. The van der Waals surface area contributed by atoms with E-state index in [2.05, 4.69) is 21.7 Å². The molecule has 0 aliphatic carbocycles. The summed E-state index contributed by atoms with van der Waals surface area (Å²) in [6.45, 7) is 7.52. The van der Waals surface area contributed by atoms with Crippen molar-refractivity contribution in [2.45, 2.75) is 0 Å². The molecule has 0 amide bonds. The number of ether oxygens (including phenoxy) is 1. The van der Waals surface area contributed by atoms with Gasteiger partial charge in [-0.2, -0.15) is 0 Å². The van der Waals surface area contributed by atoms with E-state index in [0.29, 0.717) is 17.8 Å². The van der Waals surface area contributed by atoms with E-state index in [4.69, 9.17) is 10.5 Å². The maximum Gasteiger partial charge on any atom is 0.178 e. The fourth-order valence-corrected chi connectivity index (χ4v) is 3.10. The van der Waals surface area contributed by atoms with Crippen molar-refractivity contribution in [2.75, 3.05) is 76.7 Å². The molecule has 6 heteroatoms. The Bertz CT molecular complexity index is 550. The van der Waals surface area contributed by atoms with Crippen molar-refractivity contribution in [2.24, 2.45) is 0 Å². The molecular formula is C17H26N4O2. The first-order valence-corrected chi connectivity index (χ1v) is 8.30. The van der Waals surface area contributed by atoms with E-state index in [0.717, 1.165) is 58.2 Å². The number of anilines is 2. The molecule has 2 N–H and O–H groups in total. The number of Topliss-reactive ketones (excluding diaryl/α,β-unsaturated/α-hetero) is 1. The van der Waals surface area contributed by atoms with Crippen LogP contribution >= 0.6 is 0 Å². The number of likely N-dealkylation sites (N-methyl/N-ethyl adjacent to an activating group) is 1. The minimum atomic E-state index is 0.113. The minimum Gasteiger partial charge on any atom is -0.398 e. The highest BCUT2D eigenvalue weighted by Gasteiger charge is 2.20. The molecule has 1 aromatic rings. The fourth-order valence-electron chi connectivity index (χ4n) is 3.10. The van der Waals surface area contributed by atoms with Crippen molar-refractivity contribution < 1.29 is 9.53 Å². The summed E-state index contributed by atoms with van der Waals surface area (Å²) in [5.74, 6) is 0.113. The molecule has 2 saturated heterocycles. The number of hydrogen-bond donors (Lipinski definition) is 1. The third-order valence-corrected chi connectivity index (χ3v) is 4.68. The molecule has 2 aliphatic rings. The number of hydrogen-bond acceptors (Lipinski definition) is 6. The highest BCUT2D eigenvalue weighted by Crippen LogP contribution is 2.23. The van der Waals surface area contributed by atoms with Crippen LogP contribution in [0.2, 0.25) is 0 Å². The predicted molar refractivity (Wildman–Crippen MR) is 92.2 cm³/mol. The monoisotopic (exact) mass is 318 g/mol. The average Bonchev–Trinajstić information content (AvgIpc) is 2.58. The van der Waals surface area contributed by atoms with Crippen LogP contribution in [0, 0.1) is 0 Å². The first-order chi connectivity index (χ1) is 11.1. The third kappa shape index (κ3) is 4.02. The zero-order valence-electron chi connectivity index (χ0n) is 13.8. The van der Waals surface area contributed by atoms with Crippen molar-refractivity contribution in [1.82, 2.24) is 9.80 Å². The maximum absolute atomic E-state index is 12.7. The van der Waals surface area contributed by atoms with Gasteiger partial charge in [0.05, 0.1) is 19.8 Å². The Morgan fingerprint density at radius 2 is 1.83 bits per heavy atom. The van der Waals surface area contributed by atoms with Crippen LogP contribution in [0.3, 0.4) is 0 Å². The molecule has 23 heavy (non-hydrogen) atoms. The van der Waals surface area contributed by atoms with Crippen LogP contribution in [-0.4, -0.2) is 81.7 Å². The highest BCUT2D eigenvalue weighted by molar-refractivity contribution is 6.03. The number of rotatable bonds is 4. The van der Waals surface area contributed by atoms with E-state index >= 15 is 0 Å². The maximum atomic E-state index is 12.7. The summed E-state index contributed by atoms with van der Waals surface area (Å²) in [4.78, 5) is 19.4. The normalized spacial score (nSPS) is 20.7. The van der Waals surface area contributed by atoms with Crippen LogP contribution < -0.4 is 10.6 Å². The number of benzene rings is 1. The van der Waals surface area contributed by atoms with Crippen molar-refractivity contribution in [3.63, 3.8) is 0 Å². The molecule has 2 aliphatic heterocycles. The molecule has 0 unspecified atom stereocenters. The van der Waals surface area contributed by atoms with E-state index in [-0.39, 0.29) is 5.78 Å². The Hall–Kier alpha value is -1.63. The summed E-state index contributed by atoms with van der Waals surface area (Å²) >= 11 is 0. The van der Waals surface area contributed by atoms with Crippen LogP contribution in [0.1, 0.15) is 10.4 Å². The lowest BCUT2D eigenvalue weighted by atomic mass is 10.1. The van der Waals surface area contributed by atoms with Crippen LogP contribution in [0.5, 0.6) is 0 Å². The Kier molecular flexibility index (Phi) is 5.15. The quantitative estimate of drug-likeness (QED) is 0.646. The van der Waals surface area contributed by atoms with Crippen molar-refractivity contribution in [1.29, 1.82) is 0 Å². The molecule has 6 nitrogen and oxygen atoms in total. The minimum absolute atomic E-state index is 0.113. The zero-order chi connectivity index (χ0) is 16.2. The second kappa shape index (κ2) is 7.29. The molecule has 126 valence electrons. The fraction of sp³-hybridized carbons (Fsp3) is 0.588. The number of ketones is 1. The predicted octanol–water partition coefficient (Wildman–Crippen LogP) is 0.536. The molecule has 0 bridgehead atoms. The molecule has 2 heterocycles. The molecule has 0 aromatic heterocycles. The van der Waals surface area contributed by atoms with Gasteiger partial charge in [-0.25, -0.2) is 0 Å². The Balaban J connectivity index is 1.69. The number of nitrogens with zero attached hydrogens (tertiary/aromatic N) is 3. The van der Waals surface area contributed by atoms with E-state index in [1.807, 2.05) is 18.2 Å². The second-order valence-corrected chi connectivity index (χ2v) is 6.37. The molecular weight excluding hydrogens is 292 g/mol. The van der Waals surface area contributed by atoms with Gasteiger partial charge in [-0.1, -0.05) is 0 Å². The van der Waals surface area contributed by atoms with Gasteiger partial charge in [0.25, 0.3) is 0 Å². The SMILES string of the molecule is CN1CCN(CC(=O)c2cc(N3CCOCC3)ccc2N)CC1. The molecule has 3 rings (SSSR count). The number of carbonyl (C=O) groups excluding carboxylic acids is 1. The average molecular weight is 318 g/mol. The molecule has 1 aromatic carbocycles. The summed E-state index contributed by atoms with van der Waals surface area (Å²) in [6.07, 6.45) is 0. The summed E-state index contributed by atoms with van der Waals surface area (Å²) in [6, 6.07) is 5.79. The summed E-state index contributed by atoms with van der Waals surface area (Å²) in [5.41, 5.74) is 8.33. The molecule has 0 saturated carbocycles. The third-order valence-electron chi connectivity index (χ3n) is 4.68. The van der Waals surface area contributed by atoms with E-state index < -0.39 is 0 Å². The standard InChI is InChI=1S/C17H26N4O2/c1-19-4-6-20(7-5-19)13-17(22)15-12-14(2-3-16(15)18)21-8-10-23-11-9-21/h2-3,12H,4-11,13,18H2,1H3. The number of nitrogens with two attached hydrogens (primary N) is 1. The van der Waals surface area contributed by atoms with Gasteiger partial charge in [0.2, 0.25) is 0 Å². The summed E-state index contributed by atoms with van der Waals surface area (Å²) in [5, 5.41) is 0. The van der Waals surface area contributed by atoms with E-state index in [1.165, 1.54) is 0 Å². The topological polar surface area (TPSA) is 62.0 Å². The van der Waals surface area contributed by atoms with Crippen molar-refractivity contribution in [3.8, 4) is 0 Å². The Labute approximate surface area is 137 Å². The Morgan fingerprint density at radius 3 is 2.52 bits per heavy atom. The number of carbonyl (C=O) groups is 1. The van der Waals surface area contributed by atoms with Gasteiger partial charge in [0.1, 0.15) is 0 Å². The van der Waals surface area contributed by atoms with Gasteiger partial charge in [0, 0.05) is 56.2 Å². The van der Waals surface area contributed by atoms with Gasteiger partial charge in [-0.05, 0) is 25.2 Å². The summed E-state index contributed by atoms with van der Waals surface area (Å²) in [7, 11) is 2.11. The first-order valence-electron chi connectivity index (χ1n) is 8.30. The van der Waals surface area contributed by atoms with Gasteiger partial charge in [-0.15, -0.1) is 0 Å². The highest BCUT2D eigenvalue weighted by atomic mass is 16.5. The van der Waals surface area contributed by atoms with Crippen molar-refractivity contribution >= 4 is 17.2 Å². The lowest BCUT2D eigenvalue weighted by Crippen LogP contribution is -2.46. The smallest absolute Gasteiger partial charge is 0.178 e. The Morgan fingerprint density at radius 1 is 1.13 bits per heavy atom. The van der Waals surface area contributed by atoms with Gasteiger partial charge < -0.3 is 20.3 Å². The zero-order valence-corrected chi connectivity index (χ0v) is 13.8. The molecule has 0 atom stereocenters. The second-order valence-electron chi connectivity index (χ2n) is 6.37. The van der Waals surface area contributed by atoms with Crippen LogP contribution in [0.25, 0.3) is 0 Å². The number of nitrogen functional groups attached to an aromatic ring is 1. The molecule has 0 spiro atoms. The van der Waals surface area contributed by atoms with Crippen molar-refractivity contribution in [3.05, 3.63) is 23.8 Å². The van der Waals surface area contributed by atoms with Crippen LogP contribution in [0.4, 0.5) is 11.4 Å².